The molecule has 0 aliphatic carbocycles. The van der Waals surface area contributed by atoms with Gasteiger partial charge in [-0.2, -0.15) is 0 Å². The van der Waals surface area contributed by atoms with E-state index in [1.807, 2.05) is 35.4 Å². The van der Waals surface area contributed by atoms with Gasteiger partial charge in [-0.1, -0.05) is 18.2 Å². The van der Waals surface area contributed by atoms with Crippen molar-refractivity contribution < 1.29 is 13.9 Å². The van der Waals surface area contributed by atoms with Gasteiger partial charge in [-0.25, -0.2) is 4.39 Å². The standard InChI is InChI=1S/C21H25FN2O2/c1-26-20-10-12-24(21(25)9-6-17-3-2-11-23-14-17)15-18(20)13-16-4-7-19(22)8-5-16/h2-5,7-8,11,14,18,20H,6,9-10,12-13,15H2,1H3/t18-,20+/m1/s1. The van der Waals surface area contributed by atoms with Crippen LogP contribution in [0.2, 0.25) is 0 Å². The first-order chi connectivity index (χ1) is 12.7. The predicted molar refractivity (Wildman–Crippen MR) is 98.1 cm³/mol. The Labute approximate surface area is 154 Å². The second-order valence-corrected chi connectivity index (χ2v) is 6.85. The van der Waals surface area contributed by atoms with E-state index >= 15 is 0 Å². The molecule has 1 saturated heterocycles. The maximum Gasteiger partial charge on any atom is 0.222 e. The average Bonchev–Trinajstić information content (AvgIpc) is 2.68. The fourth-order valence-electron chi connectivity index (χ4n) is 3.62. The van der Waals surface area contributed by atoms with Crippen LogP contribution in [0, 0.1) is 11.7 Å². The number of carbonyl (C=O) groups is 1. The molecule has 5 heteroatoms. The first kappa shape index (κ1) is 18.5. The number of benzene rings is 1. The second-order valence-electron chi connectivity index (χ2n) is 6.85. The summed E-state index contributed by atoms with van der Waals surface area (Å²) in [5, 5.41) is 0. The number of nitrogens with zero attached hydrogens (tertiary/aromatic N) is 2. The molecular weight excluding hydrogens is 331 g/mol. The molecule has 1 aromatic carbocycles. The number of carbonyl (C=O) groups excluding carboxylic acids is 1. The van der Waals surface area contributed by atoms with Crippen LogP contribution in [0.5, 0.6) is 0 Å². The van der Waals surface area contributed by atoms with Gasteiger partial charge in [0.1, 0.15) is 5.82 Å². The van der Waals surface area contributed by atoms with Crippen molar-refractivity contribution in [3.8, 4) is 0 Å². The molecule has 2 atom stereocenters. The number of piperidine rings is 1. The van der Waals surface area contributed by atoms with Gasteiger partial charge in [0.15, 0.2) is 0 Å². The van der Waals surface area contributed by atoms with Crippen molar-refractivity contribution >= 4 is 5.91 Å². The van der Waals surface area contributed by atoms with Crippen LogP contribution in [-0.2, 0) is 22.4 Å². The Kier molecular flexibility index (Phi) is 6.34. The minimum atomic E-state index is -0.229. The quantitative estimate of drug-likeness (QED) is 0.798. The average molecular weight is 356 g/mol. The number of hydrogen-bond acceptors (Lipinski definition) is 3. The molecule has 2 heterocycles. The summed E-state index contributed by atoms with van der Waals surface area (Å²) in [6.45, 7) is 1.41. The van der Waals surface area contributed by atoms with Crippen LogP contribution in [0.3, 0.4) is 0 Å². The molecule has 2 aromatic rings. The first-order valence-corrected chi connectivity index (χ1v) is 9.09. The Morgan fingerprint density at radius 3 is 2.77 bits per heavy atom. The second kappa shape index (κ2) is 8.90. The van der Waals surface area contributed by atoms with Crippen molar-refractivity contribution in [2.75, 3.05) is 20.2 Å². The zero-order valence-electron chi connectivity index (χ0n) is 15.1. The monoisotopic (exact) mass is 356 g/mol. The van der Waals surface area contributed by atoms with E-state index in [0.717, 1.165) is 30.5 Å². The van der Waals surface area contributed by atoms with Crippen LogP contribution < -0.4 is 0 Å². The summed E-state index contributed by atoms with van der Waals surface area (Å²) in [5.41, 5.74) is 2.15. The summed E-state index contributed by atoms with van der Waals surface area (Å²) in [6.07, 6.45) is 6.49. The van der Waals surface area contributed by atoms with E-state index in [9.17, 15) is 9.18 Å². The van der Waals surface area contributed by atoms with Crippen LogP contribution in [0.1, 0.15) is 24.0 Å². The molecule has 138 valence electrons. The topological polar surface area (TPSA) is 42.4 Å². The molecule has 0 radical (unpaired) electrons. The van der Waals surface area contributed by atoms with E-state index in [1.54, 1.807) is 13.3 Å². The van der Waals surface area contributed by atoms with Crippen LogP contribution >= 0.6 is 0 Å². The lowest BCUT2D eigenvalue weighted by atomic mass is 9.88. The Hall–Kier alpha value is -2.27. The number of likely N-dealkylation sites (tertiary alicyclic amines) is 1. The van der Waals surface area contributed by atoms with Crippen molar-refractivity contribution in [3.05, 3.63) is 65.7 Å². The molecule has 0 bridgehead atoms. The number of amides is 1. The molecule has 0 spiro atoms. The molecule has 1 aliphatic rings. The van der Waals surface area contributed by atoms with E-state index in [4.69, 9.17) is 4.74 Å². The number of pyridine rings is 1. The fourth-order valence-corrected chi connectivity index (χ4v) is 3.62. The lowest BCUT2D eigenvalue weighted by molar-refractivity contribution is -0.135. The molecule has 0 N–H and O–H groups in total. The maximum absolute atomic E-state index is 13.1. The molecule has 1 aromatic heterocycles. The van der Waals surface area contributed by atoms with E-state index < -0.39 is 0 Å². The van der Waals surface area contributed by atoms with Gasteiger partial charge in [0.25, 0.3) is 0 Å². The normalized spacial score (nSPS) is 20.2. The molecule has 26 heavy (non-hydrogen) atoms. The van der Waals surface area contributed by atoms with Gasteiger partial charge < -0.3 is 9.64 Å². The number of rotatable bonds is 6. The SMILES string of the molecule is CO[C@H]1CCN(C(=O)CCc2cccnc2)C[C@H]1Cc1ccc(F)cc1. The lowest BCUT2D eigenvalue weighted by Crippen LogP contribution is -2.47. The van der Waals surface area contributed by atoms with Gasteiger partial charge in [0, 0.05) is 44.9 Å². The molecule has 0 saturated carbocycles. The van der Waals surface area contributed by atoms with E-state index in [-0.39, 0.29) is 23.7 Å². The van der Waals surface area contributed by atoms with Gasteiger partial charge in [0.2, 0.25) is 5.91 Å². The molecule has 1 aliphatic heterocycles. The maximum atomic E-state index is 13.1. The van der Waals surface area contributed by atoms with E-state index in [2.05, 4.69) is 4.98 Å². The number of aryl methyl sites for hydroxylation is 1. The Balaban J connectivity index is 1.58. The zero-order chi connectivity index (χ0) is 18.4. The number of halogens is 1. The Morgan fingerprint density at radius 1 is 1.27 bits per heavy atom. The Morgan fingerprint density at radius 2 is 2.08 bits per heavy atom. The highest BCUT2D eigenvalue weighted by atomic mass is 19.1. The summed E-state index contributed by atoms with van der Waals surface area (Å²) >= 11 is 0. The number of methoxy groups -OCH3 is 1. The molecule has 0 unspecified atom stereocenters. The summed E-state index contributed by atoms with van der Waals surface area (Å²) in [5.74, 6) is 0.168. The van der Waals surface area contributed by atoms with Crippen LogP contribution in [0.15, 0.2) is 48.8 Å². The summed E-state index contributed by atoms with van der Waals surface area (Å²) in [7, 11) is 1.72. The third-order valence-electron chi connectivity index (χ3n) is 5.08. The minimum absolute atomic E-state index is 0.127. The number of aromatic nitrogens is 1. The van der Waals surface area contributed by atoms with Crippen molar-refractivity contribution in [3.63, 3.8) is 0 Å². The highest BCUT2D eigenvalue weighted by Crippen LogP contribution is 2.24. The van der Waals surface area contributed by atoms with Crippen molar-refractivity contribution in [2.24, 2.45) is 5.92 Å². The first-order valence-electron chi connectivity index (χ1n) is 9.09. The van der Waals surface area contributed by atoms with Crippen LogP contribution in [0.25, 0.3) is 0 Å². The van der Waals surface area contributed by atoms with E-state index in [0.29, 0.717) is 19.4 Å². The Bertz CT molecular complexity index is 706. The summed E-state index contributed by atoms with van der Waals surface area (Å²) in [4.78, 5) is 18.7. The highest BCUT2D eigenvalue weighted by molar-refractivity contribution is 5.76. The van der Waals surface area contributed by atoms with Gasteiger partial charge in [0.05, 0.1) is 6.10 Å². The molecular formula is C21H25FN2O2. The van der Waals surface area contributed by atoms with Gasteiger partial charge in [-0.15, -0.1) is 0 Å². The third-order valence-corrected chi connectivity index (χ3v) is 5.08. The van der Waals surface area contributed by atoms with E-state index in [1.165, 1.54) is 12.1 Å². The predicted octanol–water partition coefficient (Wildman–Crippen LogP) is 3.26. The van der Waals surface area contributed by atoms with Gasteiger partial charge >= 0.3 is 0 Å². The number of ether oxygens (including phenoxy) is 1. The minimum Gasteiger partial charge on any atom is -0.381 e. The fraction of sp³-hybridized carbons (Fsp3) is 0.429. The molecule has 4 nitrogen and oxygen atoms in total. The van der Waals surface area contributed by atoms with Gasteiger partial charge in [-0.05, 0) is 48.6 Å². The summed E-state index contributed by atoms with van der Waals surface area (Å²) in [6, 6.07) is 10.5. The number of hydrogen-bond donors (Lipinski definition) is 0. The van der Waals surface area contributed by atoms with Crippen molar-refractivity contribution in [1.82, 2.24) is 9.88 Å². The van der Waals surface area contributed by atoms with Crippen molar-refractivity contribution in [1.29, 1.82) is 0 Å². The van der Waals surface area contributed by atoms with Gasteiger partial charge in [-0.3, -0.25) is 9.78 Å². The largest absolute Gasteiger partial charge is 0.381 e. The highest BCUT2D eigenvalue weighted by Gasteiger charge is 2.31. The smallest absolute Gasteiger partial charge is 0.222 e. The third kappa shape index (κ3) is 4.88. The summed E-state index contributed by atoms with van der Waals surface area (Å²) < 4.78 is 18.8. The van der Waals surface area contributed by atoms with Crippen molar-refractivity contribution in [2.45, 2.75) is 31.8 Å². The molecule has 3 rings (SSSR count). The zero-order valence-corrected chi connectivity index (χ0v) is 15.1. The van der Waals surface area contributed by atoms with Crippen LogP contribution in [-0.4, -0.2) is 42.1 Å². The van der Waals surface area contributed by atoms with Crippen LogP contribution in [0.4, 0.5) is 4.39 Å². The molecule has 1 fully saturated rings. The molecule has 1 amide bonds. The lowest BCUT2D eigenvalue weighted by Gasteiger charge is -2.38.